The number of carbonyl (C=O) groups excluding carboxylic acids is 2. The first-order valence-electron chi connectivity index (χ1n) is 13.1. The summed E-state index contributed by atoms with van der Waals surface area (Å²) >= 11 is 12.5. The number of anilines is 1. The van der Waals surface area contributed by atoms with Crippen LogP contribution < -0.4 is 10.2 Å². The van der Waals surface area contributed by atoms with Crippen LogP contribution in [0.1, 0.15) is 51.7 Å². The molecule has 1 fully saturated rings. The maximum absolute atomic E-state index is 14.3. The van der Waals surface area contributed by atoms with Gasteiger partial charge in [-0.2, -0.15) is 13.2 Å². The molecule has 0 unspecified atom stereocenters. The minimum absolute atomic E-state index is 0.0659. The number of amides is 2. The van der Waals surface area contributed by atoms with Gasteiger partial charge in [-0.15, -0.1) is 0 Å². The van der Waals surface area contributed by atoms with Crippen LogP contribution in [-0.2, 0) is 22.6 Å². The smallest absolute Gasteiger partial charge is 0.357 e. The molecule has 2 aromatic carbocycles. The fourth-order valence-electron chi connectivity index (χ4n) is 4.92. The van der Waals surface area contributed by atoms with Crippen molar-refractivity contribution in [2.45, 2.75) is 43.4 Å². The zero-order valence-corrected chi connectivity index (χ0v) is 25.1. The maximum Gasteiger partial charge on any atom is 0.416 e. The number of likely N-dealkylation sites (tertiary alicyclic amines) is 1. The number of aromatic amines is 1. The van der Waals surface area contributed by atoms with E-state index < -0.39 is 27.5 Å². The van der Waals surface area contributed by atoms with Crippen LogP contribution in [0.25, 0.3) is 0 Å². The van der Waals surface area contributed by atoms with Crippen molar-refractivity contribution in [2.24, 2.45) is 0 Å². The van der Waals surface area contributed by atoms with Crippen molar-refractivity contribution < 1.29 is 31.2 Å². The summed E-state index contributed by atoms with van der Waals surface area (Å²) in [7, 11) is -2.53. The van der Waals surface area contributed by atoms with Crippen molar-refractivity contribution in [3.8, 4) is 0 Å². The van der Waals surface area contributed by atoms with E-state index in [0.717, 1.165) is 17.0 Å². The fourth-order valence-corrected chi connectivity index (χ4v) is 6.47. The van der Waals surface area contributed by atoms with Crippen molar-refractivity contribution in [3.05, 3.63) is 81.1 Å². The van der Waals surface area contributed by atoms with Gasteiger partial charge in [0, 0.05) is 48.0 Å². The van der Waals surface area contributed by atoms with Gasteiger partial charge in [0.15, 0.2) is 9.84 Å². The molecule has 1 atom stereocenters. The zero-order valence-electron chi connectivity index (χ0n) is 22.8. The van der Waals surface area contributed by atoms with E-state index in [1.54, 1.807) is 23.2 Å². The first-order valence-corrected chi connectivity index (χ1v) is 15.5. The molecule has 2 amide bonds. The topological polar surface area (TPSA) is 103 Å². The molecule has 0 aliphatic carbocycles. The van der Waals surface area contributed by atoms with Gasteiger partial charge in [-0.1, -0.05) is 30.1 Å². The van der Waals surface area contributed by atoms with E-state index >= 15 is 0 Å². The molecular formula is C28H29Cl2F3N4O4S. The van der Waals surface area contributed by atoms with Gasteiger partial charge >= 0.3 is 6.18 Å². The third-order valence-electron chi connectivity index (χ3n) is 7.11. The summed E-state index contributed by atoms with van der Waals surface area (Å²) in [5, 5.41) is 2.79. The lowest BCUT2D eigenvalue weighted by Crippen LogP contribution is -2.47. The monoisotopic (exact) mass is 644 g/mol. The van der Waals surface area contributed by atoms with Gasteiger partial charge in [-0.25, -0.2) is 8.42 Å². The second-order valence-corrected chi connectivity index (χ2v) is 13.1. The molecule has 1 aliphatic heterocycles. The Hall–Kier alpha value is -3.06. The molecule has 0 radical (unpaired) electrons. The van der Waals surface area contributed by atoms with Gasteiger partial charge in [-0.3, -0.25) is 14.5 Å². The van der Waals surface area contributed by atoms with Crippen LogP contribution in [0.4, 0.5) is 18.9 Å². The SMILES string of the molecule is CCS(=O)(=O)c1ccc(Cl)cc1N(C)C(=O)c1cc(Cl)c(CN2CCC[C@H](NC(=O)c3ccc[nH]3)C2)c(C(F)(F)F)c1. The molecule has 0 spiro atoms. The highest BCUT2D eigenvalue weighted by Gasteiger charge is 2.37. The Morgan fingerprint density at radius 3 is 2.55 bits per heavy atom. The van der Waals surface area contributed by atoms with Gasteiger partial charge < -0.3 is 15.2 Å². The molecule has 8 nitrogen and oxygen atoms in total. The Kier molecular flexibility index (Phi) is 9.61. The minimum atomic E-state index is -4.84. The molecule has 2 heterocycles. The van der Waals surface area contributed by atoms with Crippen LogP contribution in [0, 0.1) is 0 Å². The Balaban J connectivity index is 1.61. The maximum atomic E-state index is 14.3. The molecule has 4 rings (SSSR count). The largest absolute Gasteiger partial charge is 0.416 e. The molecule has 0 saturated carbocycles. The van der Waals surface area contributed by atoms with Crippen molar-refractivity contribution >= 4 is 50.5 Å². The summed E-state index contributed by atoms with van der Waals surface area (Å²) in [5.74, 6) is -1.45. The zero-order chi connectivity index (χ0) is 30.8. The van der Waals surface area contributed by atoms with E-state index in [0.29, 0.717) is 31.6 Å². The number of nitrogens with zero attached hydrogens (tertiary/aromatic N) is 2. The molecule has 14 heteroatoms. The average Bonchev–Trinajstić information content (AvgIpc) is 3.48. The summed E-state index contributed by atoms with van der Waals surface area (Å²) in [6, 6.07) is 8.80. The molecule has 1 aromatic heterocycles. The molecular weight excluding hydrogens is 616 g/mol. The predicted molar refractivity (Wildman–Crippen MR) is 155 cm³/mol. The standard InChI is InChI=1S/C28H29Cl2F3N4O4S/c1-3-42(40,41)25-9-8-18(29)14-24(25)36(2)27(39)17-12-21(28(31,32)33)20(22(30)13-17)16-37-11-5-6-19(15-37)35-26(38)23-7-4-10-34-23/h4,7-10,12-14,19,34H,3,5-6,11,15-16H2,1-2H3,(H,35,38)/t19-/m0/s1. The average molecular weight is 646 g/mol. The van der Waals surface area contributed by atoms with Gasteiger partial charge in [0.2, 0.25) is 0 Å². The summed E-state index contributed by atoms with van der Waals surface area (Å²) in [6.07, 6.45) is -1.89. The Labute approximate surface area is 251 Å². The second-order valence-electron chi connectivity index (χ2n) is 9.99. The van der Waals surface area contributed by atoms with E-state index in [2.05, 4.69) is 10.3 Å². The lowest BCUT2D eigenvalue weighted by molar-refractivity contribution is -0.138. The number of piperidine rings is 1. The number of aromatic nitrogens is 1. The highest BCUT2D eigenvalue weighted by Crippen LogP contribution is 2.38. The molecule has 0 bridgehead atoms. The van der Waals surface area contributed by atoms with Crippen LogP contribution in [0.3, 0.4) is 0 Å². The van der Waals surface area contributed by atoms with Crippen LogP contribution in [0.2, 0.25) is 10.0 Å². The summed E-state index contributed by atoms with van der Waals surface area (Å²) in [6.45, 7) is 2.09. The molecule has 2 N–H and O–H groups in total. The minimum Gasteiger partial charge on any atom is -0.357 e. The third-order valence-corrected chi connectivity index (χ3v) is 9.46. The van der Waals surface area contributed by atoms with E-state index in [-0.39, 0.29) is 56.0 Å². The Bertz CT molecular complexity index is 1580. The highest BCUT2D eigenvalue weighted by molar-refractivity contribution is 7.91. The number of nitrogens with one attached hydrogen (secondary N) is 2. The lowest BCUT2D eigenvalue weighted by atomic mass is 9.99. The number of benzene rings is 2. The summed E-state index contributed by atoms with van der Waals surface area (Å²) in [5.41, 5.74) is -1.32. The van der Waals surface area contributed by atoms with Crippen LogP contribution in [-0.4, -0.2) is 62.0 Å². The molecule has 226 valence electrons. The van der Waals surface area contributed by atoms with Crippen molar-refractivity contribution in [1.82, 2.24) is 15.2 Å². The lowest BCUT2D eigenvalue weighted by Gasteiger charge is -2.34. The van der Waals surface area contributed by atoms with Crippen molar-refractivity contribution in [1.29, 1.82) is 0 Å². The van der Waals surface area contributed by atoms with E-state index in [1.807, 2.05) is 0 Å². The number of sulfone groups is 1. The number of hydrogen-bond donors (Lipinski definition) is 2. The molecule has 42 heavy (non-hydrogen) atoms. The number of alkyl halides is 3. The number of H-pyrrole nitrogens is 1. The van der Waals surface area contributed by atoms with Gasteiger partial charge in [0.25, 0.3) is 11.8 Å². The fraction of sp³-hybridized carbons (Fsp3) is 0.357. The van der Waals surface area contributed by atoms with Gasteiger partial charge in [0.05, 0.1) is 21.9 Å². The number of hydrogen-bond acceptors (Lipinski definition) is 5. The number of rotatable bonds is 8. The van der Waals surface area contributed by atoms with Gasteiger partial charge in [0.1, 0.15) is 5.69 Å². The third kappa shape index (κ3) is 7.11. The Morgan fingerprint density at radius 2 is 1.90 bits per heavy atom. The predicted octanol–water partition coefficient (Wildman–Crippen LogP) is 5.80. The van der Waals surface area contributed by atoms with Crippen molar-refractivity contribution in [2.75, 3.05) is 30.8 Å². The quantitative estimate of drug-likeness (QED) is 0.322. The van der Waals surface area contributed by atoms with Crippen molar-refractivity contribution in [3.63, 3.8) is 0 Å². The first kappa shape index (κ1) is 31.9. The van der Waals surface area contributed by atoms with E-state index in [4.69, 9.17) is 23.2 Å². The van der Waals surface area contributed by atoms with Crippen LogP contribution in [0.15, 0.2) is 53.6 Å². The van der Waals surface area contributed by atoms with Crippen LogP contribution >= 0.6 is 23.2 Å². The molecule has 1 saturated heterocycles. The Morgan fingerprint density at radius 1 is 1.17 bits per heavy atom. The molecule has 1 aliphatic rings. The number of halogens is 5. The normalized spacial score (nSPS) is 16.3. The van der Waals surface area contributed by atoms with Crippen LogP contribution in [0.5, 0.6) is 0 Å². The second kappa shape index (κ2) is 12.7. The van der Waals surface area contributed by atoms with Gasteiger partial charge in [-0.05, 0) is 67.4 Å². The summed E-state index contributed by atoms with van der Waals surface area (Å²) < 4.78 is 68.2. The highest BCUT2D eigenvalue weighted by atomic mass is 35.5. The van der Waals surface area contributed by atoms with E-state index in [1.165, 1.54) is 32.2 Å². The van der Waals surface area contributed by atoms with E-state index in [9.17, 15) is 31.2 Å². The molecule has 3 aromatic rings. The summed E-state index contributed by atoms with van der Waals surface area (Å²) in [4.78, 5) is 31.2. The first-order chi connectivity index (χ1) is 19.7. The number of carbonyl (C=O) groups is 2.